The second kappa shape index (κ2) is 9.45. The van der Waals surface area contributed by atoms with E-state index in [4.69, 9.17) is 0 Å². The standard InChI is InChI=1S/C30H25F/c1-3-4-5-6-23-13-16-26(17-14-23)28-20-18-27-21-25(15-19-29(27)30(28)31)12-11-24-9-7-22(2)8-10-24/h3-4,7-10,13-21H,5-6H2,1-2H3/b4-3+. The van der Waals surface area contributed by atoms with Crippen LogP contribution in [-0.2, 0) is 6.42 Å². The van der Waals surface area contributed by atoms with E-state index < -0.39 is 0 Å². The fourth-order valence-electron chi connectivity index (χ4n) is 3.64. The Labute approximate surface area is 184 Å². The average Bonchev–Trinajstić information content (AvgIpc) is 2.80. The number of allylic oxidation sites excluding steroid dienone is 2. The third kappa shape index (κ3) is 4.93. The average molecular weight is 405 g/mol. The van der Waals surface area contributed by atoms with Crippen LogP contribution in [0.15, 0.2) is 91.0 Å². The highest BCUT2D eigenvalue weighted by molar-refractivity contribution is 5.89. The lowest BCUT2D eigenvalue weighted by molar-refractivity contribution is 0.643. The molecule has 0 nitrogen and oxygen atoms in total. The molecule has 0 aromatic heterocycles. The second-order valence-corrected chi connectivity index (χ2v) is 7.78. The van der Waals surface area contributed by atoms with Crippen molar-refractivity contribution >= 4 is 10.8 Å². The molecule has 152 valence electrons. The molecule has 0 aliphatic heterocycles. The van der Waals surface area contributed by atoms with Crippen LogP contribution in [0.1, 0.15) is 35.6 Å². The van der Waals surface area contributed by atoms with Crippen LogP contribution in [0.3, 0.4) is 0 Å². The lowest BCUT2D eigenvalue weighted by atomic mass is 9.97. The maximum atomic E-state index is 15.3. The molecule has 0 atom stereocenters. The molecule has 0 saturated carbocycles. The van der Waals surface area contributed by atoms with Crippen molar-refractivity contribution in [2.75, 3.05) is 0 Å². The zero-order valence-electron chi connectivity index (χ0n) is 18.0. The van der Waals surface area contributed by atoms with E-state index in [0.29, 0.717) is 10.9 Å². The molecule has 0 N–H and O–H groups in total. The fraction of sp³-hybridized carbons (Fsp3) is 0.133. The minimum Gasteiger partial charge on any atom is -0.206 e. The molecule has 0 fully saturated rings. The van der Waals surface area contributed by atoms with Gasteiger partial charge < -0.3 is 0 Å². The van der Waals surface area contributed by atoms with Gasteiger partial charge in [-0.25, -0.2) is 4.39 Å². The van der Waals surface area contributed by atoms with Gasteiger partial charge in [0, 0.05) is 22.1 Å². The van der Waals surface area contributed by atoms with E-state index in [2.05, 4.69) is 55.2 Å². The predicted octanol–water partition coefficient (Wildman–Crippen LogP) is 7.86. The molecule has 0 saturated heterocycles. The Balaban J connectivity index is 1.59. The highest BCUT2D eigenvalue weighted by atomic mass is 19.1. The summed E-state index contributed by atoms with van der Waals surface area (Å²) in [5.41, 5.74) is 5.86. The Bertz CT molecular complexity index is 1280. The molecule has 31 heavy (non-hydrogen) atoms. The van der Waals surface area contributed by atoms with Crippen molar-refractivity contribution in [3.8, 4) is 23.0 Å². The van der Waals surface area contributed by atoms with Crippen LogP contribution in [0, 0.1) is 24.6 Å². The fourth-order valence-corrected chi connectivity index (χ4v) is 3.64. The molecule has 4 aromatic rings. The third-order valence-corrected chi connectivity index (χ3v) is 5.46. The first-order valence-electron chi connectivity index (χ1n) is 10.7. The Morgan fingerprint density at radius 1 is 0.806 bits per heavy atom. The monoisotopic (exact) mass is 404 g/mol. The van der Waals surface area contributed by atoms with Gasteiger partial charge in [-0.05, 0) is 67.5 Å². The molecule has 4 aromatic carbocycles. The van der Waals surface area contributed by atoms with Gasteiger partial charge in [0.05, 0.1) is 0 Å². The van der Waals surface area contributed by atoms with Crippen molar-refractivity contribution < 1.29 is 4.39 Å². The largest absolute Gasteiger partial charge is 0.206 e. The van der Waals surface area contributed by atoms with Crippen LogP contribution < -0.4 is 0 Å². The zero-order chi connectivity index (χ0) is 21.6. The maximum absolute atomic E-state index is 15.3. The van der Waals surface area contributed by atoms with E-state index in [1.165, 1.54) is 11.1 Å². The molecule has 0 heterocycles. The third-order valence-electron chi connectivity index (χ3n) is 5.46. The molecule has 0 aliphatic rings. The van der Waals surface area contributed by atoms with Crippen molar-refractivity contribution in [2.24, 2.45) is 0 Å². The van der Waals surface area contributed by atoms with Crippen LogP contribution in [0.2, 0.25) is 0 Å². The van der Waals surface area contributed by atoms with Crippen molar-refractivity contribution in [3.05, 3.63) is 119 Å². The number of hydrogen-bond donors (Lipinski definition) is 0. The van der Waals surface area contributed by atoms with Gasteiger partial charge in [0.1, 0.15) is 5.82 Å². The van der Waals surface area contributed by atoms with E-state index >= 15 is 4.39 Å². The molecule has 0 unspecified atom stereocenters. The molecule has 0 bridgehead atoms. The van der Waals surface area contributed by atoms with Crippen molar-refractivity contribution in [1.82, 2.24) is 0 Å². The Morgan fingerprint density at radius 3 is 2.26 bits per heavy atom. The summed E-state index contributed by atoms with van der Waals surface area (Å²) in [6.45, 7) is 4.09. The zero-order valence-corrected chi connectivity index (χ0v) is 18.0. The van der Waals surface area contributed by atoms with Crippen LogP contribution in [-0.4, -0.2) is 0 Å². The summed E-state index contributed by atoms with van der Waals surface area (Å²) in [5, 5.41) is 1.48. The van der Waals surface area contributed by atoms with Crippen LogP contribution >= 0.6 is 0 Å². The topological polar surface area (TPSA) is 0 Å². The second-order valence-electron chi connectivity index (χ2n) is 7.78. The summed E-state index contributed by atoms with van der Waals surface area (Å²) in [5.74, 6) is 6.19. The van der Waals surface area contributed by atoms with E-state index in [1.54, 1.807) is 0 Å². The van der Waals surface area contributed by atoms with Crippen molar-refractivity contribution in [3.63, 3.8) is 0 Å². The molecule has 0 spiro atoms. The van der Waals surface area contributed by atoms with E-state index in [9.17, 15) is 0 Å². The molecule has 1 heteroatoms. The number of benzene rings is 4. The van der Waals surface area contributed by atoms with E-state index in [0.717, 1.165) is 34.9 Å². The summed E-state index contributed by atoms with van der Waals surface area (Å²) in [4.78, 5) is 0. The summed E-state index contributed by atoms with van der Waals surface area (Å²) >= 11 is 0. The lowest BCUT2D eigenvalue weighted by Crippen LogP contribution is -1.89. The molecule has 0 amide bonds. The SMILES string of the molecule is C/C=C/CCc1ccc(-c2ccc3cc(C#Cc4ccc(C)cc4)ccc3c2F)cc1. The minimum absolute atomic E-state index is 0.183. The maximum Gasteiger partial charge on any atom is 0.138 e. The van der Waals surface area contributed by atoms with Crippen LogP contribution in [0.4, 0.5) is 4.39 Å². The first-order chi connectivity index (χ1) is 15.1. The van der Waals surface area contributed by atoms with Gasteiger partial charge in [-0.1, -0.05) is 84.2 Å². The number of halogens is 1. The van der Waals surface area contributed by atoms with Gasteiger partial charge in [-0.15, -0.1) is 0 Å². The van der Waals surface area contributed by atoms with E-state index in [1.807, 2.05) is 61.5 Å². The normalized spacial score (nSPS) is 10.9. The Kier molecular flexibility index (Phi) is 6.29. The smallest absolute Gasteiger partial charge is 0.138 e. The number of fused-ring (bicyclic) bond motifs is 1. The summed E-state index contributed by atoms with van der Waals surface area (Å²) in [6.07, 6.45) is 6.25. The number of aryl methyl sites for hydroxylation is 2. The molecule has 0 radical (unpaired) electrons. The van der Waals surface area contributed by atoms with Gasteiger partial charge in [0.2, 0.25) is 0 Å². The summed E-state index contributed by atoms with van der Waals surface area (Å²) in [6, 6.07) is 25.8. The first kappa shape index (κ1) is 20.6. The van der Waals surface area contributed by atoms with Gasteiger partial charge >= 0.3 is 0 Å². The number of rotatable bonds is 4. The highest BCUT2D eigenvalue weighted by Gasteiger charge is 2.10. The van der Waals surface area contributed by atoms with Crippen molar-refractivity contribution in [2.45, 2.75) is 26.7 Å². The van der Waals surface area contributed by atoms with Gasteiger partial charge in [-0.3, -0.25) is 0 Å². The van der Waals surface area contributed by atoms with Gasteiger partial charge in [-0.2, -0.15) is 0 Å². The first-order valence-corrected chi connectivity index (χ1v) is 10.7. The molecule has 4 rings (SSSR count). The summed E-state index contributed by atoms with van der Waals surface area (Å²) in [7, 11) is 0. The highest BCUT2D eigenvalue weighted by Crippen LogP contribution is 2.30. The Hall–Kier alpha value is -3.63. The van der Waals surface area contributed by atoms with Crippen LogP contribution in [0.5, 0.6) is 0 Å². The minimum atomic E-state index is -0.183. The molecule has 0 aliphatic carbocycles. The van der Waals surface area contributed by atoms with Crippen molar-refractivity contribution in [1.29, 1.82) is 0 Å². The lowest BCUT2D eigenvalue weighted by Gasteiger charge is -2.08. The quantitative estimate of drug-likeness (QED) is 0.240. The molecular weight excluding hydrogens is 379 g/mol. The van der Waals surface area contributed by atoms with Gasteiger partial charge in [0.25, 0.3) is 0 Å². The predicted molar refractivity (Wildman–Crippen MR) is 130 cm³/mol. The summed E-state index contributed by atoms with van der Waals surface area (Å²) < 4.78 is 15.3. The number of hydrogen-bond acceptors (Lipinski definition) is 0. The Morgan fingerprint density at radius 2 is 1.52 bits per heavy atom. The van der Waals surface area contributed by atoms with Crippen LogP contribution in [0.25, 0.3) is 21.9 Å². The van der Waals surface area contributed by atoms with Gasteiger partial charge in [0.15, 0.2) is 0 Å². The van der Waals surface area contributed by atoms with E-state index in [-0.39, 0.29) is 5.82 Å². The molecular formula is C30H25F.